The molecule has 0 N–H and O–H groups in total. The first-order valence-corrected chi connectivity index (χ1v) is 9.39. The second-order valence-corrected chi connectivity index (χ2v) is 6.44. The molecule has 1 saturated heterocycles. The number of hydrogen-bond donors (Lipinski definition) is 0. The number of carbonyl (C=O) groups is 1. The minimum atomic E-state index is -0.230. The number of para-hydroxylation sites is 1. The fourth-order valence-electron chi connectivity index (χ4n) is 3.21. The van der Waals surface area contributed by atoms with E-state index in [0.29, 0.717) is 50.0 Å². The molecule has 3 rings (SSSR count). The quantitative estimate of drug-likeness (QED) is 0.714. The van der Waals surface area contributed by atoms with E-state index in [2.05, 4.69) is 0 Å². The summed E-state index contributed by atoms with van der Waals surface area (Å²) in [7, 11) is 1.59. The summed E-state index contributed by atoms with van der Waals surface area (Å²) in [6, 6.07) is 12.3. The first-order chi connectivity index (χ1) is 13.6. The van der Waals surface area contributed by atoms with Crippen molar-refractivity contribution in [2.45, 2.75) is 6.92 Å². The number of ether oxygens (including phenoxy) is 2. The average molecular weight is 384 g/mol. The summed E-state index contributed by atoms with van der Waals surface area (Å²) in [5.74, 6) is 1.03. The second-order valence-electron chi connectivity index (χ2n) is 6.44. The van der Waals surface area contributed by atoms with Gasteiger partial charge in [0.1, 0.15) is 5.82 Å². The van der Waals surface area contributed by atoms with Crippen molar-refractivity contribution in [1.82, 2.24) is 4.90 Å². The van der Waals surface area contributed by atoms with Crippen LogP contribution in [0.2, 0.25) is 0 Å². The van der Waals surface area contributed by atoms with Crippen LogP contribution in [0.4, 0.5) is 10.1 Å². The van der Waals surface area contributed by atoms with Crippen LogP contribution in [0.5, 0.6) is 11.5 Å². The minimum Gasteiger partial charge on any atom is -0.493 e. The number of piperazine rings is 1. The molecule has 6 heteroatoms. The number of carbonyl (C=O) groups excluding carboxylic acids is 1. The molecule has 1 aliphatic heterocycles. The largest absolute Gasteiger partial charge is 0.493 e. The Labute approximate surface area is 165 Å². The van der Waals surface area contributed by atoms with E-state index in [9.17, 15) is 9.18 Å². The molecule has 0 aliphatic carbocycles. The predicted octanol–water partition coefficient (Wildman–Crippen LogP) is 3.60. The van der Waals surface area contributed by atoms with E-state index >= 15 is 0 Å². The van der Waals surface area contributed by atoms with E-state index in [-0.39, 0.29) is 11.7 Å². The van der Waals surface area contributed by atoms with Gasteiger partial charge >= 0.3 is 0 Å². The summed E-state index contributed by atoms with van der Waals surface area (Å²) >= 11 is 0. The highest BCUT2D eigenvalue weighted by Gasteiger charge is 2.21. The van der Waals surface area contributed by atoms with Gasteiger partial charge in [0.25, 0.3) is 0 Å². The van der Waals surface area contributed by atoms with E-state index in [0.717, 1.165) is 5.56 Å². The lowest BCUT2D eigenvalue weighted by atomic mass is 10.1. The highest BCUT2D eigenvalue weighted by molar-refractivity contribution is 5.92. The average Bonchev–Trinajstić information content (AvgIpc) is 2.73. The number of benzene rings is 2. The van der Waals surface area contributed by atoms with Gasteiger partial charge < -0.3 is 19.3 Å². The number of amides is 1. The molecule has 0 spiro atoms. The zero-order valence-electron chi connectivity index (χ0n) is 16.2. The van der Waals surface area contributed by atoms with Crippen LogP contribution in [-0.4, -0.2) is 50.7 Å². The normalized spacial score (nSPS) is 14.4. The Morgan fingerprint density at radius 1 is 1.11 bits per heavy atom. The van der Waals surface area contributed by atoms with Gasteiger partial charge in [0.15, 0.2) is 11.5 Å². The van der Waals surface area contributed by atoms with Crippen molar-refractivity contribution < 1.29 is 18.7 Å². The Morgan fingerprint density at radius 2 is 1.86 bits per heavy atom. The first kappa shape index (κ1) is 19.7. The van der Waals surface area contributed by atoms with Crippen LogP contribution in [0.25, 0.3) is 6.08 Å². The maximum absolute atomic E-state index is 13.9. The standard InChI is InChI=1S/C22H25FN2O3/c1-3-28-20-10-8-17(16-21(20)27-2)9-11-22(26)25-14-12-24(13-15-25)19-7-5-4-6-18(19)23/h4-11,16H,3,12-15H2,1-2H3/b11-9+. The van der Waals surface area contributed by atoms with Crippen molar-refractivity contribution in [2.75, 3.05) is 44.8 Å². The Kier molecular flexibility index (Phi) is 6.53. The van der Waals surface area contributed by atoms with Crippen molar-refractivity contribution >= 4 is 17.7 Å². The molecule has 0 aromatic heterocycles. The molecule has 2 aromatic rings. The van der Waals surface area contributed by atoms with Crippen LogP contribution < -0.4 is 14.4 Å². The number of hydrogen-bond acceptors (Lipinski definition) is 4. The van der Waals surface area contributed by atoms with Crippen LogP contribution in [-0.2, 0) is 4.79 Å². The second kappa shape index (κ2) is 9.26. The van der Waals surface area contributed by atoms with Gasteiger partial charge in [-0.2, -0.15) is 0 Å². The van der Waals surface area contributed by atoms with E-state index in [1.54, 1.807) is 36.3 Å². The van der Waals surface area contributed by atoms with Gasteiger partial charge in [0.2, 0.25) is 5.91 Å². The third-order valence-corrected chi connectivity index (χ3v) is 4.69. The van der Waals surface area contributed by atoms with Crippen LogP contribution in [0.3, 0.4) is 0 Å². The Morgan fingerprint density at radius 3 is 2.54 bits per heavy atom. The number of rotatable bonds is 6. The number of anilines is 1. The third-order valence-electron chi connectivity index (χ3n) is 4.69. The van der Waals surface area contributed by atoms with Crippen LogP contribution in [0, 0.1) is 5.82 Å². The van der Waals surface area contributed by atoms with Crippen molar-refractivity contribution in [3.63, 3.8) is 0 Å². The Balaban J connectivity index is 1.59. The lowest BCUT2D eigenvalue weighted by Gasteiger charge is -2.35. The van der Waals surface area contributed by atoms with Crippen molar-refractivity contribution in [3.05, 3.63) is 59.9 Å². The number of nitrogens with zero attached hydrogens (tertiary/aromatic N) is 2. The summed E-state index contributed by atoms with van der Waals surface area (Å²) in [6.45, 7) is 4.81. The fourth-order valence-corrected chi connectivity index (χ4v) is 3.21. The maximum atomic E-state index is 13.9. The third kappa shape index (κ3) is 4.63. The van der Waals surface area contributed by atoms with Crippen LogP contribution in [0.15, 0.2) is 48.5 Å². The molecule has 1 amide bonds. The molecule has 2 aromatic carbocycles. The molecule has 148 valence electrons. The maximum Gasteiger partial charge on any atom is 0.246 e. The van der Waals surface area contributed by atoms with Gasteiger partial charge in [-0.1, -0.05) is 18.2 Å². The van der Waals surface area contributed by atoms with Gasteiger partial charge in [-0.25, -0.2) is 4.39 Å². The summed E-state index contributed by atoms with van der Waals surface area (Å²) in [6.07, 6.45) is 3.33. The molecule has 1 aliphatic rings. The number of halogens is 1. The molecule has 0 radical (unpaired) electrons. The molecule has 0 unspecified atom stereocenters. The van der Waals surface area contributed by atoms with Gasteiger partial charge in [-0.15, -0.1) is 0 Å². The van der Waals surface area contributed by atoms with Gasteiger partial charge in [0, 0.05) is 32.3 Å². The molecule has 1 heterocycles. The molecule has 1 fully saturated rings. The highest BCUT2D eigenvalue weighted by atomic mass is 19.1. The summed E-state index contributed by atoms with van der Waals surface area (Å²) in [5.41, 5.74) is 1.45. The van der Waals surface area contributed by atoms with E-state index in [1.807, 2.05) is 36.1 Å². The molecule has 28 heavy (non-hydrogen) atoms. The van der Waals surface area contributed by atoms with Gasteiger partial charge in [-0.05, 0) is 42.8 Å². The van der Waals surface area contributed by atoms with E-state index in [1.165, 1.54) is 6.07 Å². The van der Waals surface area contributed by atoms with Crippen molar-refractivity contribution in [2.24, 2.45) is 0 Å². The van der Waals surface area contributed by atoms with Gasteiger partial charge in [0.05, 0.1) is 19.4 Å². The molecule has 0 bridgehead atoms. The molecule has 0 saturated carbocycles. The zero-order chi connectivity index (χ0) is 19.9. The van der Waals surface area contributed by atoms with Crippen LogP contribution in [0.1, 0.15) is 12.5 Å². The fraction of sp³-hybridized carbons (Fsp3) is 0.318. The lowest BCUT2D eigenvalue weighted by molar-refractivity contribution is -0.126. The van der Waals surface area contributed by atoms with Crippen molar-refractivity contribution in [1.29, 1.82) is 0 Å². The minimum absolute atomic E-state index is 0.0546. The topological polar surface area (TPSA) is 42.0 Å². The molecule has 5 nitrogen and oxygen atoms in total. The summed E-state index contributed by atoms with van der Waals surface area (Å²) in [4.78, 5) is 16.2. The SMILES string of the molecule is CCOc1ccc(/C=C/C(=O)N2CCN(c3ccccc3F)CC2)cc1OC. The van der Waals surface area contributed by atoms with E-state index < -0.39 is 0 Å². The smallest absolute Gasteiger partial charge is 0.246 e. The molecular formula is C22H25FN2O3. The van der Waals surface area contributed by atoms with E-state index in [4.69, 9.17) is 9.47 Å². The Bertz CT molecular complexity index is 845. The first-order valence-electron chi connectivity index (χ1n) is 9.39. The van der Waals surface area contributed by atoms with Gasteiger partial charge in [-0.3, -0.25) is 4.79 Å². The monoisotopic (exact) mass is 384 g/mol. The summed E-state index contributed by atoms with van der Waals surface area (Å²) in [5, 5.41) is 0. The van der Waals surface area contributed by atoms with Crippen molar-refractivity contribution in [3.8, 4) is 11.5 Å². The summed E-state index contributed by atoms with van der Waals surface area (Å²) < 4.78 is 24.8. The lowest BCUT2D eigenvalue weighted by Crippen LogP contribution is -2.48. The highest BCUT2D eigenvalue weighted by Crippen LogP contribution is 2.28. The predicted molar refractivity (Wildman–Crippen MR) is 108 cm³/mol. The Hall–Kier alpha value is -3.02. The molecule has 0 atom stereocenters. The zero-order valence-corrected chi connectivity index (χ0v) is 16.2. The number of methoxy groups -OCH3 is 1. The van der Waals surface area contributed by atoms with Crippen LogP contribution >= 0.6 is 0 Å². The molecular weight excluding hydrogens is 359 g/mol.